The summed E-state index contributed by atoms with van der Waals surface area (Å²) >= 11 is 0. The number of nitrogens with two attached hydrogens (primary N) is 1. The van der Waals surface area contributed by atoms with Gasteiger partial charge in [0.25, 0.3) is 5.91 Å². The van der Waals surface area contributed by atoms with Crippen molar-refractivity contribution in [2.45, 2.75) is 5.92 Å². The van der Waals surface area contributed by atoms with Crippen LogP contribution in [0.15, 0.2) is 72.8 Å². The van der Waals surface area contributed by atoms with Crippen molar-refractivity contribution in [3.05, 3.63) is 106 Å². The van der Waals surface area contributed by atoms with Gasteiger partial charge in [-0.15, -0.1) is 0 Å². The molecule has 2 heterocycles. The van der Waals surface area contributed by atoms with Gasteiger partial charge in [0.2, 0.25) is 5.91 Å². The number of fused-ring (bicyclic) bond motifs is 1. The standard InChI is InChI=1S/C27H19N5O3/c28-13-23-24-22(17-5-3-6-18(12-17)26(29)34)14-32(27(35)25(24)31-30-23)20-10-8-16(9-11-20)21-7-2-1-4-19(21)15-33/h1-12,15,22H,14H2,(H2,29,34)(H,30,31). The van der Waals surface area contributed by atoms with Gasteiger partial charge in [0.1, 0.15) is 11.8 Å². The molecule has 8 heteroatoms. The van der Waals surface area contributed by atoms with Crippen LogP contribution in [0.5, 0.6) is 0 Å². The fraction of sp³-hybridized carbons (Fsp3) is 0.0741. The third-order valence-corrected chi connectivity index (χ3v) is 6.23. The van der Waals surface area contributed by atoms with Crippen LogP contribution in [-0.2, 0) is 0 Å². The smallest absolute Gasteiger partial charge is 0.276 e. The van der Waals surface area contributed by atoms with Crippen LogP contribution < -0.4 is 10.6 Å². The molecule has 0 bridgehead atoms. The van der Waals surface area contributed by atoms with E-state index in [0.717, 1.165) is 23.0 Å². The molecule has 1 aliphatic rings. The van der Waals surface area contributed by atoms with E-state index in [4.69, 9.17) is 5.73 Å². The molecule has 3 aromatic carbocycles. The Morgan fingerprint density at radius 3 is 2.60 bits per heavy atom. The Bertz CT molecular complexity index is 1510. The van der Waals surface area contributed by atoms with E-state index < -0.39 is 11.8 Å². The highest BCUT2D eigenvalue weighted by atomic mass is 16.2. The summed E-state index contributed by atoms with van der Waals surface area (Å²) in [5.41, 5.74) is 10.3. The molecule has 1 atom stereocenters. The summed E-state index contributed by atoms with van der Waals surface area (Å²) in [5.74, 6) is -1.27. The zero-order valence-electron chi connectivity index (χ0n) is 18.4. The van der Waals surface area contributed by atoms with E-state index in [0.29, 0.717) is 22.4 Å². The molecule has 0 saturated heterocycles. The molecule has 3 N–H and O–H groups in total. The maximum Gasteiger partial charge on any atom is 0.276 e. The molecule has 1 aliphatic heterocycles. The number of rotatable bonds is 5. The molecular formula is C27H19N5O3. The number of anilines is 1. The summed E-state index contributed by atoms with van der Waals surface area (Å²) in [6, 6.07) is 23.5. The Hall–Kier alpha value is -5.03. The summed E-state index contributed by atoms with van der Waals surface area (Å²) in [4.78, 5) is 38.2. The Kier molecular flexibility index (Phi) is 5.43. The number of primary amides is 1. The predicted molar refractivity (Wildman–Crippen MR) is 129 cm³/mol. The van der Waals surface area contributed by atoms with Crippen LogP contribution in [0.2, 0.25) is 0 Å². The van der Waals surface area contributed by atoms with Crippen LogP contribution in [0.1, 0.15) is 53.9 Å². The Morgan fingerprint density at radius 2 is 1.89 bits per heavy atom. The van der Waals surface area contributed by atoms with Crippen molar-refractivity contribution in [2.75, 3.05) is 11.4 Å². The van der Waals surface area contributed by atoms with Crippen LogP contribution in [0.3, 0.4) is 0 Å². The lowest BCUT2D eigenvalue weighted by Crippen LogP contribution is -2.40. The second-order valence-electron chi connectivity index (χ2n) is 8.18. The van der Waals surface area contributed by atoms with Gasteiger partial charge in [-0.1, -0.05) is 48.5 Å². The number of hydrogen-bond donors (Lipinski definition) is 2. The number of nitriles is 1. The maximum absolute atomic E-state index is 13.4. The van der Waals surface area contributed by atoms with Crippen molar-refractivity contribution < 1.29 is 14.4 Å². The van der Waals surface area contributed by atoms with E-state index in [1.807, 2.05) is 42.5 Å². The molecule has 35 heavy (non-hydrogen) atoms. The molecule has 0 aliphatic carbocycles. The highest BCUT2D eigenvalue weighted by Gasteiger charge is 2.37. The lowest BCUT2D eigenvalue weighted by molar-refractivity contribution is 0.0970. The number of benzene rings is 3. The first-order valence-electron chi connectivity index (χ1n) is 10.9. The van der Waals surface area contributed by atoms with Gasteiger partial charge in [0.15, 0.2) is 12.0 Å². The second kappa shape index (κ2) is 8.72. The van der Waals surface area contributed by atoms with Crippen LogP contribution in [-0.4, -0.2) is 34.8 Å². The number of carbonyl (C=O) groups excluding carboxylic acids is 3. The molecular weight excluding hydrogens is 442 g/mol. The molecule has 1 unspecified atom stereocenters. The molecule has 4 aromatic rings. The van der Waals surface area contributed by atoms with Crippen LogP contribution in [0.4, 0.5) is 5.69 Å². The highest BCUT2D eigenvalue weighted by molar-refractivity contribution is 6.08. The van der Waals surface area contributed by atoms with E-state index in [1.54, 1.807) is 35.2 Å². The molecule has 0 spiro atoms. The minimum Gasteiger partial charge on any atom is -0.366 e. The number of amides is 2. The first-order chi connectivity index (χ1) is 17.0. The fourth-order valence-corrected chi connectivity index (χ4v) is 4.52. The summed E-state index contributed by atoms with van der Waals surface area (Å²) in [7, 11) is 0. The van der Waals surface area contributed by atoms with Gasteiger partial charge >= 0.3 is 0 Å². The molecule has 2 amide bonds. The average molecular weight is 461 g/mol. The topological polar surface area (TPSA) is 133 Å². The number of carbonyl (C=O) groups is 3. The van der Waals surface area contributed by atoms with Crippen LogP contribution in [0.25, 0.3) is 11.1 Å². The lowest BCUT2D eigenvalue weighted by atomic mass is 9.85. The van der Waals surface area contributed by atoms with E-state index in [9.17, 15) is 19.6 Å². The van der Waals surface area contributed by atoms with Gasteiger partial charge in [-0.25, -0.2) is 0 Å². The molecule has 0 fully saturated rings. The van der Waals surface area contributed by atoms with Crippen molar-refractivity contribution >= 4 is 23.8 Å². The number of aromatic nitrogens is 2. The fourth-order valence-electron chi connectivity index (χ4n) is 4.52. The monoisotopic (exact) mass is 461 g/mol. The van der Waals surface area contributed by atoms with Crippen molar-refractivity contribution in [3.63, 3.8) is 0 Å². The SMILES string of the molecule is N#Cc1n[nH]c2c1C(c1cccc(C(N)=O)c1)CN(c1ccc(-c3ccccc3C=O)cc1)C2=O. The quantitative estimate of drug-likeness (QED) is 0.438. The number of H-pyrrole nitrogens is 1. The lowest BCUT2D eigenvalue weighted by Gasteiger charge is -2.33. The molecule has 1 aromatic heterocycles. The third kappa shape index (κ3) is 3.75. The van der Waals surface area contributed by atoms with Crippen LogP contribution in [0, 0.1) is 11.3 Å². The maximum atomic E-state index is 13.4. The molecule has 170 valence electrons. The number of nitrogens with zero attached hydrogens (tertiary/aromatic N) is 3. The number of aldehydes is 1. The summed E-state index contributed by atoms with van der Waals surface area (Å²) in [5, 5.41) is 16.3. The normalized spacial score (nSPS) is 14.8. The zero-order valence-corrected chi connectivity index (χ0v) is 18.4. The first-order valence-corrected chi connectivity index (χ1v) is 10.9. The molecule has 0 saturated carbocycles. The highest BCUT2D eigenvalue weighted by Crippen LogP contribution is 2.37. The van der Waals surface area contributed by atoms with Crippen molar-refractivity contribution in [3.8, 4) is 17.2 Å². The predicted octanol–water partition coefficient (Wildman–Crippen LogP) is 3.65. The summed E-state index contributed by atoms with van der Waals surface area (Å²) in [6.45, 7) is 0.243. The largest absolute Gasteiger partial charge is 0.366 e. The van der Waals surface area contributed by atoms with Crippen molar-refractivity contribution in [1.82, 2.24) is 10.2 Å². The number of aromatic amines is 1. The minimum absolute atomic E-state index is 0.142. The van der Waals surface area contributed by atoms with Gasteiger partial charge < -0.3 is 10.6 Å². The Morgan fingerprint density at radius 1 is 1.11 bits per heavy atom. The number of nitrogens with one attached hydrogen (secondary N) is 1. The zero-order chi connectivity index (χ0) is 24.5. The van der Waals surface area contributed by atoms with Crippen LogP contribution >= 0.6 is 0 Å². The van der Waals surface area contributed by atoms with E-state index in [-0.39, 0.29) is 23.8 Å². The van der Waals surface area contributed by atoms with Crippen molar-refractivity contribution in [2.24, 2.45) is 5.73 Å². The van der Waals surface area contributed by atoms with Gasteiger partial charge in [-0.2, -0.15) is 10.4 Å². The van der Waals surface area contributed by atoms with Gasteiger partial charge in [0, 0.05) is 34.8 Å². The average Bonchev–Trinajstić information content (AvgIpc) is 3.34. The van der Waals surface area contributed by atoms with E-state index in [2.05, 4.69) is 16.3 Å². The minimum atomic E-state index is -0.560. The second-order valence-corrected chi connectivity index (χ2v) is 8.18. The van der Waals surface area contributed by atoms with Gasteiger partial charge in [0.05, 0.1) is 0 Å². The van der Waals surface area contributed by atoms with Crippen molar-refractivity contribution in [1.29, 1.82) is 5.26 Å². The Balaban J connectivity index is 1.56. The van der Waals surface area contributed by atoms with Gasteiger partial charge in [-0.05, 0) is 41.0 Å². The van der Waals surface area contributed by atoms with E-state index >= 15 is 0 Å². The summed E-state index contributed by atoms with van der Waals surface area (Å²) in [6.07, 6.45) is 0.814. The number of hydrogen-bond acceptors (Lipinski definition) is 5. The summed E-state index contributed by atoms with van der Waals surface area (Å²) < 4.78 is 0. The molecule has 8 nitrogen and oxygen atoms in total. The molecule has 5 rings (SSSR count). The third-order valence-electron chi connectivity index (χ3n) is 6.23. The molecule has 0 radical (unpaired) electrons. The Labute approximate surface area is 200 Å². The first kappa shape index (κ1) is 21.8. The van der Waals surface area contributed by atoms with Gasteiger partial charge in [-0.3, -0.25) is 19.5 Å². The van der Waals surface area contributed by atoms with E-state index in [1.165, 1.54) is 0 Å².